The van der Waals surface area contributed by atoms with Gasteiger partial charge in [-0.1, -0.05) is 29.8 Å². The summed E-state index contributed by atoms with van der Waals surface area (Å²) >= 11 is 0. The predicted octanol–water partition coefficient (Wildman–Crippen LogP) is 2.42. The second-order valence-corrected chi connectivity index (χ2v) is 4.21. The summed E-state index contributed by atoms with van der Waals surface area (Å²) in [4.78, 5) is 0. The zero-order valence-corrected chi connectivity index (χ0v) is 9.83. The third-order valence-electron chi connectivity index (χ3n) is 2.67. The molecule has 0 saturated carbocycles. The van der Waals surface area contributed by atoms with Gasteiger partial charge in [-0.05, 0) is 32.8 Å². The molecule has 0 aliphatic heterocycles. The SMILES string of the molecule is Cc1ccc(C(C)N[C@H](C)CCO)cc1. The molecular formula is C13H21NO. The number of aliphatic hydroxyl groups is 1. The van der Waals surface area contributed by atoms with Gasteiger partial charge in [0.1, 0.15) is 0 Å². The highest BCUT2D eigenvalue weighted by atomic mass is 16.3. The van der Waals surface area contributed by atoms with Gasteiger partial charge in [-0.3, -0.25) is 0 Å². The summed E-state index contributed by atoms with van der Waals surface area (Å²) in [6, 6.07) is 9.25. The number of benzene rings is 1. The van der Waals surface area contributed by atoms with E-state index in [0.717, 1.165) is 6.42 Å². The summed E-state index contributed by atoms with van der Waals surface area (Å²) in [5.74, 6) is 0. The van der Waals surface area contributed by atoms with Crippen LogP contribution in [0.5, 0.6) is 0 Å². The zero-order chi connectivity index (χ0) is 11.3. The van der Waals surface area contributed by atoms with Crippen LogP contribution in [0.2, 0.25) is 0 Å². The van der Waals surface area contributed by atoms with Gasteiger partial charge in [0.15, 0.2) is 0 Å². The van der Waals surface area contributed by atoms with E-state index < -0.39 is 0 Å². The third kappa shape index (κ3) is 4.02. The van der Waals surface area contributed by atoms with Crippen molar-refractivity contribution in [1.82, 2.24) is 5.32 Å². The van der Waals surface area contributed by atoms with Gasteiger partial charge in [0.05, 0.1) is 0 Å². The molecule has 1 aromatic rings. The summed E-state index contributed by atoms with van der Waals surface area (Å²) < 4.78 is 0. The van der Waals surface area contributed by atoms with Gasteiger partial charge in [-0.15, -0.1) is 0 Å². The van der Waals surface area contributed by atoms with Crippen molar-refractivity contribution < 1.29 is 5.11 Å². The smallest absolute Gasteiger partial charge is 0.0445 e. The Labute approximate surface area is 92.3 Å². The lowest BCUT2D eigenvalue weighted by Gasteiger charge is -2.19. The highest BCUT2D eigenvalue weighted by Crippen LogP contribution is 2.14. The molecule has 0 bridgehead atoms. The summed E-state index contributed by atoms with van der Waals surface area (Å²) in [6.45, 7) is 6.59. The van der Waals surface area contributed by atoms with Crippen LogP contribution >= 0.6 is 0 Å². The summed E-state index contributed by atoms with van der Waals surface area (Å²) in [5.41, 5.74) is 2.58. The maximum Gasteiger partial charge on any atom is 0.0445 e. The van der Waals surface area contributed by atoms with Gasteiger partial charge in [-0.25, -0.2) is 0 Å². The van der Waals surface area contributed by atoms with Crippen molar-refractivity contribution in [2.24, 2.45) is 0 Å². The number of hydrogen-bond acceptors (Lipinski definition) is 2. The molecule has 0 spiro atoms. The predicted molar refractivity (Wildman–Crippen MR) is 63.9 cm³/mol. The average Bonchev–Trinajstić information content (AvgIpc) is 2.18. The molecular weight excluding hydrogens is 186 g/mol. The second kappa shape index (κ2) is 5.89. The first-order chi connectivity index (χ1) is 7.13. The van der Waals surface area contributed by atoms with E-state index >= 15 is 0 Å². The van der Waals surface area contributed by atoms with Crippen molar-refractivity contribution in [3.05, 3.63) is 35.4 Å². The van der Waals surface area contributed by atoms with E-state index in [1.54, 1.807) is 0 Å². The second-order valence-electron chi connectivity index (χ2n) is 4.21. The molecule has 2 atom stereocenters. The summed E-state index contributed by atoms with van der Waals surface area (Å²) in [7, 11) is 0. The minimum Gasteiger partial charge on any atom is -0.396 e. The minimum absolute atomic E-state index is 0.245. The van der Waals surface area contributed by atoms with Crippen molar-refractivity contribution >= 4 is 0 Å². The molecule has 1 unspecified atom stereocenters. The maximum atomic E-state index is 8.82. The molecule has 0 aliphatic carbocycles. The van der Waals surface area contributed by atoms with Crippen molar-refractivity contribution in [1.29, 1.82) is 0 Å². The summed E-state index contributed by atoms with van der Waals surface area (Å²) in [6.07, 6.45) is 0.802. The van der Waals surface area contributed by atoms with E-state index in [4.69, 9.17) is 5.11 Å². The Morgan fingerprint density at radius 1 is 1.20 bits per heavy atom. The quantitative estimate of drug-likeness (QED) is 0.777. The molecule has 1 rings (SSSR count). The highest BCUT2D eigenvalue weighted by molar-refractivity contribution is 5.23. The fourth-order valence-electron chi connectivity index (χ4n) is 1.66. The van der Waals surface area contributed by atoms with Crippen LogP contribution in [-0.2, 0) is 0 Å². The van der Waals surface area contributed by atoms with Gasteiger partial charge in [0.2, 0.25) is 0 Å². The Bertz CT molecular complexity index is 281. The van der Waals surface area contributed by atoms with Crippen LogP contribution in [0.25, 0.3) is 0 Å². The van der Waals surface area contributed by atoms with Gasteiger partial charge in [0.25, 0.3) is 0 Å². The molecule has 1 aromatic carbocycles. The fraction of sp³-hybridized carbons (Fsp3) is 0.538. The number of nitrogens with one attached hydrogen (secondary N) is 1. The maximum absolute atomic E-state index is 8.82. The Morgan fingerprint density at radius 2 is 1.80 bits per heavy atom. The lowest BCUT2D eigenvalue weighted by molar-refractivity contribution is 0.264. The van der Waals surface area contributed by atoms with Crippen molar-refractivity contribution in [2.75, 3.05) is 6.61 Å². The standard InChI is InChI=1S/C13H21NO/c1-10-4-6-13(7-5-10)12(3)14-11(2)8-9-15/h4-7,11-12,14-15H,8-9H2,1-3H3/t11-,12?/m1/s1. The largest absolute Gasteiger partial charge is 0.396 e. The minimum atomic E-state index is 0.245. The van der Waals surface area contributed by atoms with Crippen LogP contribution in [0.4, 0.5) is 0 Å². The van der Waals surface area contributed by atoms with Crippen molar-refractivity contribution in [2.45, 2.75) is 39.3 Å². The van der Waals surface area contributed by atoms with E-state index in [1.165, 1.54) is 11.1 Å². The Kier molecular flexibility index (Phi) is 4.79. The number of hydrogen-bond donors (Lipinski definition) is 2. The van der Waals surface area contributed by atoms with E-state index in [0.29, 0.717) is 12.1 Å². The number of aliphatic hydroxyl groups excluding tert-OH is 1. The van der Waals surface area contributed by atoms with E-state index in [1.807, 2.05) is 0 Å². The first kappa shape index (κ1) is 12.2. The van der Waals surface area contributed by atoms with Gasteiger partial charge < -0.3 is 10.4 Å². The lowest BCUT2D eigenvalue weighted by Crippen LogP contribution is -2.29. The Hall–Kier alpha value is -0.860. The van der Waals surface area contributed by atoms with E-state index in [2.05, 4.69) is 50.4 Å². The molecule has 0 aromatic heterocycles. The van der Waals surface area contributed by atoms with Crippen LogP contribution in [0.1, 0.15) is 37.4 Å². The molecule has 84 valence electrons. The molecule has 15 heavy (non-hydrogen) atoms. The topological polar surface area (TPSA) is 32.3 Å². The molecule has 0 aliphatic rings. The Balaban J connectivity index is 2.53. The Morgan fingerprint density at radius 3 is 2.33 bits per heavy atom. The molecule has 0 amide bonds. The molecule has 0 radical (unpaired) electrons. The third-order valence-corrected chi connectivity index (χ3v) is 2.67. The molecule has 0 heterocycles. The monoisotopic (exact) mass is 207 g/mol. The van der Waals surface area contributed by atoms with Gasteiger partial charge in [-0.2, -0.15) is 0 Å². The molecule has 2 N–H and O–H groups in total. The highest BCUT2D eigenvalue weighted by Gasteiger charge is 2.08. The molecule has 2 heteroatoms. The van der Waals surface area contributed by atoms with Crippen LogP contribution in [-0.4, -0.2) is 17.8 Å². The van der Waals surface area contributed by atoms with Crippen molar-refractivity contribution in [3.63, 3.8) is 0 Å². The normalized spacial score (nSPS) is 14.9. The molecule has 2 nitrogen and oxygen atoms in total. The number of aryl methyl sites for hydroxylation is 1. The first-order valence-corrected chi connectivity index (χ1v) is 5.57. The van der Waals surface area contributed by atoms with Gasteiger partial charge >= 0.3 is 0 Å². The zero-order valence-electron chi connectivity index (χ0n) is 9.83. The van der Waals surface area contributed by atoms with Crippen LogP contribution in [0.3, 0.4) is 0 Å². The van der Waals surface area contributed by atoms with Crippen LogP contribution < -0.4 is 5.32 Å². The van der Waals surface area contributed by atoms with Crippen LogP contribution in [0, 0.1) is 6.92 Å². The average molecular weight is 207 g/mol. The van der Waals surface area contributed by atoms with Crippen molar-refractivity contribution in [3.8, 4) is 0 Å². The lowest BCUT2D eigenvalue weighted by atomic mass is 10.1. The first-order valence-electron chi connectivity index (χ1n) is 5.57. The summed E-state index contributed by atoms with van der Waals surface area (Å²) in [5, 5.41) is 12.3. The molecule has 0 fully saturated rings. The number of rotatable bonds is 5. The molecule has 0 saturated heterocycles. The van der Waals surface area contributed by atoms with E-state index in [-0.39, 0.29) is 6.61 Å². The van der Waals surface area contributed by atoms with Crippen LogP contribution in [0.15, 0.2) is 24.3 Å². The van der Waals surface area contributed by atoms with Gasteiger partial charge in [0, 0.05) is 18.7 Å². The van der Waals surface area contributed by atoms with E-state index in [9.17, 15) is 0 Å². The fourth-order valence-corrected chi connectivity index (χ4v) is 1.66.